The Labute approximate surface area is 160 Å². The van der Waals surface area contributed by atoms with Crippen LogP contribution in [0.15, 0.2) is 65.3 Å². The van der Waals surface area contributed by atoms with E-state index < -0.39 is 11.9 Å². The number of hydrogen-bond donors (Lipinski definition) is 1. The molecule has 0 fully saturated rings. The lowest BCUT2D eigenvalue weighted by molar-refractivity contribution is 0.0450. The maximum atomic E-state index is 12.8. The van der Waals surface area contributed by atoms with Crippen molar-refractivity contribution in [1.29, 1.82) is 0 Å². The van der Waals surface area contributed by atoms with Crippen molar-refractivity contribution in [2.24, 2.45) is 0 Å². The number of carbonyl (C=O) groups is 2. The molecule has 0 bridgehead atoms. The summed E-state index contributed by atoms with van der Waals surface area (Å²) in [7, 11) is 0. The zero-order valence-electron chi connectivity index (χ0n) is 15.1. The molecular weight excluding hydrogens is 365 g/mol. The van der Waals surface area contributed by atoms with E-state index >= 15 is 0 Å². The van der Waals surface area contributed by atoms with Crippen LogP contribution in [0.3, 0.4) is 0 Å². The lowest BCUT2D eigenvalue weighted by Gasteiger charge is -2.10. The number of aryl methyl sites for hydroxylation is 1. The summed E-state index contributed by atoms with van der Waals surface area (Å²) in [5.41, 5.74) is 1.57. The molecule has 0 spiro atoms. The van der Waals surface area contributed by atoms with E-state index in [-0.39, 0.29) is 24.8 Å². The van der Waals surface area contributed by atoms with E-state index in [1.165, 1.54) is 30.5 Å². The van der Waals surface area contributed by atoms with E-state index in [0.717, 1.165) is 5.56 Å². The molecule has 3 aromatic rings. The fourth-order valence-electron chi connectivity index (χ4n) is 2.38. The van der Waals surface area contributed by atoms with Crippen LogP contribution in [0.5, 0.6) is 5.75 Å². The van der Waals surface area contributed by atoms with Gasteiger partial charge in [0.2, 0.25) is 0 Å². The van der Waals surface area contributed by atoms with Gasteiger partial charge in [0.1, 0.15) is 24.8 Å². The van der Waals surface area contributed by atoms with E-state index in [1.54, 1.807) is 30.3 Å². The molecule has 0 aliphatic heterocycles. The third kappa shape index (κ3) is 4.97. The first kappa shape index (κ1) is 19.2. The van der Waals surface area contributed by atoms with Crippen molar-refractivity contribution < 1.29 is 27.9 Å². The van der Waals surface area contributed by atoms with Gasteiger partial charge >= 0.3 is 5.97 Å². The summed E-state index contributed by atoms with van der Waals surface area (Å²) < 4.78 is 28.4. The van der Waals surface area contributed by atoms with Crippen LogP contribution < -0.4 is 10.1 Å². The van der Waals surface area contributed by atoms with E-state index in [0.29, 0.717) is 17.0 Å². The molecule has 6 nitrogen and oxygen atoms in total. The van der Waals surface area contributed by atoms with Crippen LogP contribution in [0.4, 0.5) is 10.1 Å². The fraction of sp³-hybridized carbons (Fsp3) is 0.143. The van der Waals surface area contributed by atoms with Gasteiger partial charge in [-0.15, -0.1) is 0 Å². The van der Waals surface area contributed by atoms with Gasteiger partial charge in [0.05, 0.1) is 11.8 Å². The molecule has 0 radical (unpaired) electrons. The van der Waals surface area contributed by atoms with Gasteiger partial charge in [0, 0.05) is 5.69 Å². The Balaban J connectivity index is 1.54. The summed E-state index contributed by atoms with van der Waals surface area (Å²) in [6.07, 6.45) is 1.41. The van der Waals surface area contributed by atoms with Gasteiger partial charge in [0.25, 0.3) is 5.91 Å². The minimum Gasteiger partial charge on any atom is -0.490 e. The van der Waals surface area contributed by atoms with Crippen molar-refractivity contribution in [3.8, 4) is 5.75 Å². The molecule has 3 rings (SSSR count). The first-order valence-corrected chi connectivity index (χ1v) is 8.54. The lowest BCUT2D eigenvalue weighted by atomic mass is 10.1. The summed E-state index contributed by atoms with van der Waals surface area (Å²) >= 11 is 0. The monoisotopic (exact) mass is 383 g/mol. The quantitative estimate of drug-likeness (QED) is 0.488. The molecule has 0 aliphatic rings. The van der Waals surface area contributed by atoms with Crippen LogP contribution in [0.25, 0.3) is 0 Å². The Morgan fingerprint density at radius 3 is 2.57 bits per heavy atom. The number of hydrogen-bond acceptors (Lipinski definition) is 5. The van der Waals surface area contributed by atoms with Gasteiger partial charge in [-0.05, 0) is 61.0 Å². The molecule has 144 valence electrons. The maximum Gasteiger partial charge on any atom is 0.338 e. The second kappa shape index (κ2) is 8.85. The predicted molar refractivity (Wildman–Crippen MR) is 100 cm³/mol. The first-order chi connectivity index (χ1) is 13.5. The summed E-state index contributed by atoms with van der Waals surface area (Å²) in [6.45, 7) is 1.97. The van der Waals surface area contributed by atoms with Crippen LogP contribution in [0, 0.1) is 12.7 Å². The standard InChI is InChI=1S/C21H18FNO5/c1-14-4-5-15(13-18(14)23-20(24)19-3-2-10-27-19)21(25)28-12-11-26-17-8-6-16(22)7-9-17/h2-10,13H,11-12H2,1H3,(H,23,24). The van der Waals surface area contributed by atoms with Gasteiger partial charge in [0.15, 0.2) is 5.76 Å². The van der Waals surface area contributed by atoms with Crippen LogP contribution in [-0.2, 0) is 4.74 Å². The molecule has 2 aromatic carbocycles. The van der Waals surface area contributed by atoms with Crippen molar-refractivity contribution in [1.82, 2.24) is 0 Å². The Kier molecular flexibility index (Phi) is 6.06. The molecule has 1 heterocycles. The fourth-order valence-corrected chi connectivity index (χ4v) is 2.38. The SMILES string of the molecule is Cc1ccc(C(=O)OCCOc2ccc(F)cc2)cc1NC(=O)c1ccco1. The van der Waals surface area contributed by atoms with Crippen molar-refractivity contribution in [2.75, 3.05) is 18.5 Å². The van der Waals surface area contributed by atoms with Crippen LogP contribution in [0.1, 0.15) is 26.5 Å². The van der Waals surface area contributed by atoms with Crippen molar-refractivity contribution >= 4 is 17.6 Å². The van der Waals surface area contributed by atoms with Gasteiger partial charge in [-0.2, -0.15) is 0 Å². The molecule has 1 N–H and O–H groups in total. The van der Waals surface area contributed by atoms with Crippen molar-refractivity contribution in [2.45, 2.75) is 6.92 Å². The molecule has 0 atom stereocenters. The number of halogens is 1. The summed E-state index contributed by atoms with van der Waals surface area (Å²) in [5.74, 6) is -0.656. The molecule has 0 saturated carbocycles. The highest BCUT2D eigenvalue weighted by molar-refractivity contribution is 6.03. The summed E-state index contributed by atoms with van der Waals surface area (Å²) in [6, 6.07) is 13.6. The van der Waals surface area contributed by atoms with E-state index in [1.807, 2.05) is 6.92 Å². The van der Waals surface area contributed by atoms with Crippen LogP contribution >= 0.6 is 0 Å². The number of rotatable bonds is 7. The van der Waals surface area contributed by atoms with Gasteiger partial charge in [-0.3, -0.25) is 4.79 Å². The normalized spacial score (nSPS) is 10.4. The van der Waals surface area contributed by atoms with E-state index in [9.17, 15) is 14.0 Å². The lowest BCUT2D eigenvalue weighted by Crippen LogP contribution is -2.15. The Bertz CT molecular complexity index is 951. The van der Waals surface area contributed by atoms with Gasteiger partial charge in [-0.25, -0.2) is 9.18 Å². The summed E-state index contributed by atoms with van der Waals surface area (Å²) in [4.78, 5) is 24.3. The highest BCUT2D eigenvalue weighted by Crippen LogP contribution is 2.19. The molecule has 7 heteroatoms. The third-order valence-corrected chi connectivity index (χ3v) is 3.87. The molecule has 0 aliphatic carbocycles. The highest BCUT2D eigenvalue weighted by atomic mass is 19.1. The minimum absolute atomic E-state index is 0.0260. The van der Waals surface area contributed by atoms with Crippen molar-refractivity contribution in [3.05, 3.63) is 83.6 Å². The number of nitrogens with one attached hydrogen (secondary N) is 1. The second-order valence-electron chi connectivity index (χ2n) is 5.90. The molecule has 1 aromatic heterocycles. The number of carbonyl (C=O) groups excluding carboxylic acids is 2. The predicted octanol–water partition coefficient (Wildman–Crippen LogP) is 4.22. The topological polar surface area (TPSA) is 77.8 Å². The largest absolute Gasteiger partial charge is 0.490 e. The molecule has 0 saturated heterocycles. The van der Waals surface area contributed by atoms with Crippen molar-refractivity contribution in [3.63, 3.8) is 0 Å². The van der Waals surface area contributed by atoms with Gasteiger partial charge < -0.3 is 19.2 Å². The second-order valence-corrected chi connectivity index (χ2v) is 5.90. The third-order valence-electron chi connectivity index (χ3n) is 3.87. The highest BCUT2D eigenvalue weighted by Gasteiger charge is 2.13. The number of esters is 1. The average Bonchev–Trinajstić information content (AvgIpc) is 3.23. The summed E-state index contributed by atoms with van der Waals surface area (Å²) in [5, 5.41) is 2.71. The molecular formula is C21H18FNO5. The van der Waals surface area contributed by atoms with E-state index in [2.05, 4.69) is 5.32 Å². The number of anilines is 1. The Hall–Kier alpha value is -3.61. The van der Waals surface area contributed by atoms with Gasteiger partial charge in [-0.1, -0.05) is 6.07 Å². The number of amides is 1. The van der Waals surface area contributed by atoms with Crippen LogP contribution in [0.2, 0.25) is 0 Å². The Morgan fingerprint density at radius 1 is 1.07 bits per heavy atom. The maximum absolute atomic E-state index is 12.8. The molecule has 0 unspecified atom stereocenters. The smallest absolute Gasteiger partial charge is 0.338 e. The zero-order valence-corrected chi connectivity index (χ0v) is 15.1. The zero-order chi connectivity index (χ0) is 19.9. The molecule has 1 amide bonds. The number of benzene rings is 2. The molecule has 28 heavy (non-hydrogen) atoms. The minimum atomic E-state index is -0.545. The van der Waals surface area contributed by atoms with Crippen LogP contribution in [-0.4, -0.2) is 25.1 Å². The Morgan fingerprint density at radius 2 is 1.86 bits per heavy atom. The number of furan rings is 1. The first-order valence-electron chi connectivity index (χ1n) is 8.54. The number of ether oxygens (including phenoxy) is 2. The van der Waals surface area contributed by atoms with E-state index in [4.69, 9.17) is 13.9 Å². The average molecular weight is 383 g/mol.